The molecular weight excluding hydrogens is 504 g/mol. The topological polar surface area (TPSA) is 115 Å². The van der Waals surface area contributed by atoms with Crippen LogP contribution < -0.4 is 4.74 Å². The van der Waals surface area contributed by atoms with Gasteiger partial charge in [-0.15, -0.1) is 0 Å². The van der Waals surface area contributed by atoms with Crippen LogP contribution in [-0.4, -0.2) is 45.6 Å². The van der Waals surface area contributed by atoms with Gasteiger partial charge in [0.1, 0.15) is 17.2 Å². The van der Waals surface area contributed by atoms with Crippen molar-refractivity contribution in [1.29, 1.82) is 0 Å². The van der Waals surface area contributed by atoms with Crippen LogP contribution >= 0.6 is 11.6 Å². The van der Waals surface area contributed by atoms with Gasteiger partial charge in [-0.1, -0.05) is 18.5 Å². The average molecular weight is 531 g/mol. The molecule has 3 aromatic rings. The number of carbonyl (C=O) groups is 1. The van der Waals surface area contributed by atoms with Crippen molar-refractivity contribution >= 4 is 27.6 Å². The maximum absolute atomic E-state index is 13.7. The Hall–Kier alpha value is -2.95. The molecule has 0 bridgehead atoms. The van der Waals surface area contributed by atoms with Crippen LogP contribution in [0.15, 0.2) is 47.6 Å². The fraction of sp³-hybridized carbons (Fsp3) is 0.400. The second-order valence-corrected chi connectivity index (χ2v) is 12.1. The molecule has 1 fully saturated rings. The monoisotopic (exact) mass is 530 g/mol. The molecule has 1 atom stereocenters. The number of hydrogen-bond acceptors (Lipinski definition) is 6. The van der Waals surface area contributed by atoms with E-state index in [4.69, 9.17) is 16.3 Å². The number of pyridine rings is 1. The van der Waals surface area contributed by atoms with Crippen LogP contribution in [0.5, 0.6) is 11.6 Å². The summed E-state index contributed by atoms with van der Waals surface area (Å²) in [6.45, 7) is 1.82. The summed E-state index contributed by atoms with van der Waals surface area (Å²) in [5, 5.41) is 14.0. The zero-order valence-electron chi connectivity index (χ0n) is 20.0. The third-order valence-corrected chi connectivity index (χ3v) is 9.22. The summed E-state index contributed by atoms with van der Waals surface area (Å²) in [5.41, 5.74) is 2.07. The first-order chi connectivity index (χ1) is 17.1. The van der Waals surface area contributed by atoms with E-state index >= 15 is 0 Å². The van der Waals surface area contributed by atoms with Crippen molar-refractivity contribution in [3.63, 3.8) is 0 Å². The number of aliphatic carboxylic acids is 1. The number of fused-ring (bicyclic) bond motifs is 1. The number of carboxylic acid groups (broad SMARTS) is 1. The first kappa shape index (κ1) is 24.7. The number of ether oxygens (including phenoxy) is 1. The fourth-order valence-electron chi connectivity index (χ4n) is 4.73. The number of aromatic nitrogens is 3. The molecule has 2 heterocycles. The molecule has 0 radical (unpaired) electrons. The van der Waals surface area contributed by atoms with Gasteiger partial charge in [-0.3, -0.25) is 9.48 Å². The zero-order chi connectivity index (χ0) is 25.7. The van der Waals surface area contributed by atoms with Crippen LogP contribution in [-0.2, 0) is 33.2 Å². The Balaban J connectivity index is 1.47. The van der Waals surface area contributed by atoms with Crippen molar-refractivity contribution in [2.24, 2.45) is 0 Å². The first-order valence-corrected chi connectivity index (χ1v) is 13.6. The van der Waals surface area contributed by atoms with Gasteiger partial charge < -0.3 is 9.84 Å². The average Bonchev–Trinajstić information content (AvgIpc) is 3.47. The first-order valence-electron chi connectivity index (χ1n) is 11.8. The van der Waals surface area contributed by atoms with Gasteiger partial charge in [0.2, 0.25) is 15.9 Å². The largest absolute Gasteiger partial charge is 0.480 e. The predicted molar refractivity (Wildman–Crippen MR) is 133 cm³/mol. The van der Waals surface area contributed by atoms with Gasteiger partial charge in [0.25, 0.3) is 0 Å². The lowest BCUT2D eigenvalue weighted by Crippen LogP contribution is -2.33. The van der Waals surface area contributed by atoms with Crippen LogP contribution in [0.4, 0.5) is 0 Å². The van der Waals surface area contributed by atoms with Crippen molar-refractivity contribution in [3.05, 3.63) is 64.6 Å². The molecule has 11 heteroatoms. The van der Waals surface area contributed by atoms with Gasteiger partial charge in [0.15, 0.2) is 0 Å². The van der Waals surface area contributed by atoms with Gasteiger partial charge in [0.05, 0.1) is 18.4 Å². The van der Waals surface area contributed by atoms with E-state index in [1.54, 1.807) is 43.6 Å². The van der Waals surface area contributed by atoms with Crippen molar-refractivity contribution in [1.82, 2.24) is 19.1 Å². The molecule has 0 unspecified atom stereocenters. The molecule has 1 N–H and O–H groups in total. The predicted octanol–water partition coefficient (Wildman–Crippen LogP) is 4.56. The van der Waals surface area contributed by atoms with Crippen molar-refractivity contribution in [2.75, 3.05) is 7.05 Å². The zero-order valence-corrected chi connectivity index (χ0v) is 21.6. The van der Waals surface area contributed by atoms with E-state index in [0.29, 0.717) is 29.5 Å². The van der Waals surface area contributed by atoms with Crippen molar-refractivity contribution < 1.29 is 23.1 Å². The minimum Gasteiger partial charge on any atom is -0.480 e. The van der Waals surface area contributed by atoms with E-state index in [9.17, 15) is 18.3 Å². The Morgan fingerprint density at radius 3 is 2.67 bits per heavy atom. The molecule has 0 saturated heterocycles. The van der Waals surface area contributed by atoms with Crippen molar-refractivity contribution in [2.45, 2.75) is 61.9 Å². The summed E-state index contributed by atoms with van der Waals surface area (Å²) >= 11 is 5.97. The van der Waals surface area contributed by atoms with Crippen molar-refractivity contribution in [3.8, 4) is 11.6 Å². The Kier molecular flexibility index (Phi) is 6.30. The minimum atomic E-state index is -3.90. The quantitative estimate of drug-likeness (QED) is 0.454. The van der Waals surface area contributed by atoms with Crippen LogP contribution in [0.2, 0.25) is 5.02 Å². The Morgan fingerprint density at radius 1 is 1.28 bits per heavy atom. The molecule has 9 nitrogen and oxygen atoms in total. The Morgan fingerprint density at radius 2 is 2.00 bits per heavy atom. The van der Waals surface area contributed by atoms with Gasteiger partial charge in [0, 0.05) is 28.9 Å². The van der Waals surface area contributed by atoms with Gasteiger partial charge in [-0.05, 0) is 67.9 Å². The molecule has 2 aliphatic carbocycles. The fourth-order valence-corrected chi connectivity index (χ4v) is 6.20. The van der Waals surface area contributed by atoms with E-state index in [-0.39, 0.29) is 16.9 Å². The number of benzene rings is 1. The molecule has 0 spiro atoms. The maximum Gasteiger partial charge on any atom is 0.325 e. The molecule has 5 rings (SSSR count). The minimum absolute atomic E-state index is 0.0987. The SMILES string of the molecule is CN([C@@H]1CCCc2c1cnn2CC(=O)O)S(=O)(=O)c1cnc(Oc2ccc(Cl)cc2)c(C2(C)CC2)c1. The van der Waals surface area contributed by atoms with Gasteiger partial charge in [-0.25, -0.2) is 13.4 Å². The van der Waals surface area contributed by atoms with Crippen LogP contribution in [0.3, 0.4) is 0 Å². The summed E-state index contributed by atoms with van der Waals surface area (Å²) < 4.78 is 36.3. The number of halogens is 1. The van der Waals surface area contributed by atoms with Crippen LogP contribution in [0.25, 0.3) is 0 Å². The number of sulfonamides is 1. The molecule has 36 heavy (non-hydrogen) atoms. The van der Waals surface area contributed by atoms with Gasteiger partial charge in [-0.2, -0.15) is 9.40 Å². The lowest BCUT2D eigenvalue weighted by atomic mass is 9.93. The van der Waals surface area contributed by atoms with E-state index in [1.807, 2.05) is 0 Å². The second-order valence-electron chi connectivity index (χ2n) is 9.67. The summed E-state index contributed by atoms with van der Waals surface area (Å²) in [7, 11) is -2.35. The van der Waals surface area contributed by atoms with Crippen LogP contribution in [0.1, 0.15) is 55.5 Å². The Bertz CT molecular complexity index is 1420. The number of carboxylic acids is 1. The second kappa shape index (κ2) is 9.17. The third kappa shape index (κ3) is 4.60. The van der Waals surface area contributed by atoms with Crippen LogP contribution in [0, 0.1) is 0 Å². The third-order valence-electron chi connectivity index (χ3n) is 7.14. The Labute approximate surface area is 214 Å². The number of nitrogens with zero attached hydrogens (tertiary/aromatic N) is 4. The van der Waals surface area contributed by atoms with E-state index < -0.39 is 22.0 Å². The highest BCUT2D eigenvalue weighted by atomic mass is 35.5. The lowest BCUT2D eigenvalue weighted by Gasteiger charge is -2.31. The smallest absolute Gasteiger partial charge is 0.325 e. The van der Waals surface area contributed by atoms with Gasteiger partial charge >= 0.3 is 5.97 Å². The highest BCUT2D eigenvalue weighted by molar-refractivity contribution is 7.89. The normalized spacial score (nSPS) is 18.6. The summed E-state index contributed by atoms with van der Waals surface area (Å²) in [6.07, 6.45) is 6.78. The standard InChI is InChI=1S/C25H27ClN4O5S/c1-25(10-11-25)20-12-18(13-27-24(20)35-17-8-6-16(26)7-9-17)36(33,34)29(2)21-4-3-5-22-19(21)14-28-30(22)15-23(31)32/h6-9,12-14,21H,3-5,10-11,15H2,1-2H3,(H,31,32)/t21-/m1/s1. The highest BCUT2D eigenvalue weighted by Crippen LogP contribution is 2.51. The number of rotatable bonds is 8. The lowest BCUT2D eigenvalue weighted by molar-refractivity contribution is -0.137. The van der Waals surface area contributed by atoms with E-state index in [1.165, 1.54) is 15.2 Å². The van der Waals surface area contributed by atoms with E-state index in [0.717, 1.165) is 36.1 Å². The maximum atomic E-state index is 13.7. The molecule has 2 aliphatic rings. The van der Waals surface area contributed by atoms with E-state index in [2.05, 4.69) is 17.0 Å². The molecule has 0 amide bonds. The summed E-state index contributed by atoms with van der Waals surface area (Å²) in [5.74, 6) is -0.0378. The summed E-state index contributed by atoms with van der Waals surface area (Å²) in [6, 6.07) is 8.17. The molecular formula is C25H27ClN4O5S. The molecule has 0 aliphatic heterocycles. The highest BCUT2D eigenvalue weighted by Gasteiger charge is 2.43. The molecule has 190 valence electrons. The number of hydrogen-bond donors (Lipinski definition) is 1. The molecule has 2 aromatic heterocycles. The molecule has 1 saturated carbocycles. The summed E-state index contributed by atoms with van der Waals surface area (Å²) in [4.78, 5) is 15.7. The molecule has 1 aromatic carbocycles.